The first-order chi connectivity index (χ1) is 10.1. The van der Waals surface area contributed by atoms with E-state index in [0.29, 0.717) is 16.4 Å². The lowest BCUT2D eigenvalue weighted by Gasteiger charge is -2.08. The van der Waals surface area contributed by atoms with Gasteiger partial charge in [-0.2, -0.15) is 5.10 Å². The standard InChI is InChI=1S/C15H22FN3OS/c1-4-5-6-9-17-15(21)19-18-11(2)12-7-8-14(20-3)13(16)10-12/h7-8,10H,4-6,9H2,1-3H3,(H2,17,19,21)/b18-11-. The van der Waals surface area contributed by atoms with Crippen molar-refractivity contribution in [1.29, 1.82) is 0 Å². The van der Waals surface area contributed by atoms with Crippen LogP contribution in [0.5, 0.6) is 5.75 Å². The first kappa shape index (κ1) is 17.4. The minimum atomic E-state index is -0.412. The summed E-state index contributed by atoms with van der Waals surface area (Å²) in [5.74, 6) is -0.197. The number of hydrogen-bond acceptors (Lipinski definition) is 3. The fourth-order valence-corrected chi connectivity index (χ4v) is 1.85. The number of halogens is 1. The zero-order valence-electron chi connectivity index (χ0n) is 12.7. The van der Waals surface area contributed by atoms with Crippen LogP contribution in [-0.2, 0) is 0 Å². The van der Waals surface area contributed by atoms with Gasteiger partial charge < -0.3 is 10.1 Å². The molecule has 0 saturated carbocycles. The SMILES string of the molecule is CCCCCNC(=S)N/N=C(/C)c1ccc(OC)c(F)c1. The highest BCUT2D eigenvalue weighted by Crippen LogP contribution is 2.17. The quantitative estimate of drug-likeness (QED) is 0.351. The van der Waals surface area contributed by atoms with Gasteiger partial charge in [-0.25, -0.2) is 4.39 Å². The van der Waals surface area contributed by atoms with Crippen LogP contribution in [0.2, 0.25) is 0 Å². The van der Waals surface area contributed by atoms with Gasteiger partial charge in [-0.3, -0.25) is 5.43 Å². The van der Waals surface area contributed by atoms with E-state index in [1.165, 1.54) is 26.0 Å². The van der Waals surface area contributed by atoms with Crippen LogP contribution in [0.3, 0.4) is 0 Å². The van der Waals surface area contributed by atoms with Gasteiger partial charge in [-0.15, -0.1) is 0 Å². The first-order valence-corrected chi connectivity index (χ1v) is 7.41. The summed E-state index contributed by atoms with van der Waals surface area (Å²) in [6.07, 6.45) is 3.41. The normalized spacial score (nSPS) is 11.1. The van der Waals surface area contributed by atoms with E-state index in [-0.39, 0.29) is 5.75 Å². The smallest absolute Gasteiger partial charge is 0.186 e. The summed E-state index contributed by atoms with van der Waals surface area (Å²) in [4.78, 5) is 0. The Kier molecular flexibility index (Phi) is 7.68. The van der Waals surface area contributed by atoms with Crippen molar-refractivity contribution in [2.24, 2.45) is 5.10 Å². The second kappa shape index (κ2) is 9.28. The van der Waals surface area contributed by atoms with Crippen molar-refractivity contribution in [3.05, 3.63) is 29.6 Å². The maximum atomic E-state index is 13.6. The predicted octanol–water partition coefficient (Wildman–Crippen LogP) is 3.21. The summed E-state index contributed by atoms with van der Waals surface area (Å²) in [5.41, 5.74) is 4.08. The van der Waals surface area contributed by atoms with Crippen molar-refractivity contribution < 1.29 is 9.13 Å². The molecule has 21 heavy (non-hydrogen) atoms. The van der Waals surface area contributed by atoms with Gasteiger partial charge in [-0.1, -0.05) is 19.8 Å². The Bertz CT molecular complexity index is 506. The molecule has 0 saturated heterocycles. The molecule has 116 valence electrons. The third-order valence-corrected chi connectivity index (χ3v) is 3.20. The summed E-state index contributed by atoms with van der Waals surface area (Å²) >= 11 is 5.11. The molecule has 0 aromatic heterocycles. The summed E-state index contributed by atoms with van der Waals surface area (Å²) in [6, 6.07) is 4.71. The van der Waals surface area contributed by atoms with Gasteiger partial charge in [0.05, 0.1) is 12.8 Å². The van der Waals surface area contributed by atoms with Gasteiger partial charge in [0, 0.05) is 12.1 Å². The molecule has 4 nitrogen and oxygen atoms in total. The van der Waals surface area contributed by atoms with Crippen LogP contribution in [0.15, 0.2) is 23.3 Å². The predicted molar refractivity (Wildman–Crippen MR) is 88.4 cm³/mol. The van der Waals surface area contributed by atoms with Crippen LogP contribution >= 0.6 is 12.2 Å². The summed E-state index contributed by atoms with van der Waals surface area (Å²) in [5, 5.41) is 7.69. The number of ether oxygens (including phenoxy) is 1. The first-order valence-electron chi connectivity index (χ1n) is 7.00. The van der Waals surface area contributed by atoms with Crippen molar-refractivity contribution in [3.63, 3.8) is 0 Å². The van der Waals surface area contributed by atoms with Gasteiger partial charge in [0.1, 0.15) is 0 Å². The van der Waals surface area contributed by atoms with Crippen LogP contribution in [0.1, 0.15) is 38.7 Å². The Hall–Kier alpha value is -1.69. The van der Waals surface area contributed by atoms with Gasteiger partial charge in [0.2, 0.25) is 0 Å². The molecule has 1 aromatic rings. The van der Waals surface area contributed by atoms with Gasteiger partial charge >= 0.3 is 0 Å². The minimum Gasteiger partial charge on any atom is -0.494 e. The molecule has 2 N–H and O–H groups in total. The molecular weight excluding hydrogens is 289 g/mol. The zero-order valence-corrected chi connectivity index (χ0v) is 13.5. The molecule has 0 radical (unpaired) electrons. The number of unbranched alkanes of at least 4 members (excludes halogenated alkanes) is 2. The van der Waals surface area contributed by atoms with Gasteiger partial charge in [0.15, 0.2) is 16.7 Å². The molecular formula is C15H22FN3OS. The summed E-state index contributed by atoms with van der Waals surface area (Å²) in [6.45, 7) is 4.76. The maximum absolute atomic E-state index is 13.6. The van der Waals surface area contributed by atoms with E-state index in [4.69, 9.17) is 17.0 Å². The Morgan fingerprint density at radius 1 is 1.38 bits per heavy atom. The topological polar surface area (TPSA) is 45.7 Å². The molecule has 0 unspecified atom stereocenters. The van der Waals surface area contributed by atoms with Gasteiger partial charge in [0.25, 0.3) is 0 Å². The highest BCUT2D eigenvalue weighted by atomic mass is 32.1. The Morgan fingerprint density at radius 2 is 2.14 bits per heavy atom. The minimum absolute atomic E-state index is 0.215. The third-order valence-electron chi connectivity index (χ3n) is 2.96. The number of benzene rings is 1. The number of rotatable bonds is 7. The average molecular weight is 311 g/mol. The van der Waals surface area contributed by atoms with E-state index in [0.717, 1.165) is 13.0 Å². The van der Waals surface area contributed by atoms with Crippen LogP contribution in [0.25, 0.3) is 0 Å². The Morgan fingerprint density at radius 3 is 2.76 bits per heavy atom. The van der Waals surface area contributed by atoms with E-state index in [1.807, 2.05) is 0 Å². The number of nitrogens with zero attached hydrogens (tertiary/aromatic N) is 1. The van der Waals surface area contributed by atoms with Crippen molar-refractivity contribution >= 4 is 23.0 Å². The molecule has 0 aliphatic carbocycles. The number of hydrogen-bond donors (Lipinski definition) is 2. The molecule has 0 atom stereocenters. The third kappa shape index (κ3) is 6.08. The second-order valence-electron chi connectivity index (χ2n) is 4.62. The van der Waals surface area contributed by atoms with E-state index < -0.39 is 5.82 Å². The van der Waals surface area contributed by atoms with Crippen LogP contribution in [0.4, 0.5) is 4.39 Å². The van der Waals surface area contributed by atoms with E-state index in [9.17, 15) is 4.39 Å². The zero-order chi connectivity index (χ0) is 15.7. The molecule has 0 spiro atoms. The molecule has 1 aromatic carbocycles. The van der Waals surface area contributed by atoms with Crippen molar-refractivity contribution in [2.75, 3.05) is 13.7 Å². The summed E-state index contributed by atoms with van der Waals surface area (Å²) in [7, 11) is 1.43. The fraction of sp³-hybridized carbons (Fsp3) is 0.467. The maximum Gasteiger partial charge on any atom is 0.186 e. The molecule has 0 aliphatic rings. The molecule has 1 rings (SSSR count). The Balaban J connectivity index is 2.52. The van der Waals surface area contributed by atoms with Crippen LogP contribution in [0, 0.1) is 5.82 Å². The fourth-order valence-electron chi connectivity index (χ4n) is 1.71. The molecule has 0 amide bonds. The lowest BCUT2D eigenvalue weighted by atomic mass is 10.1. The molecule has 0 fully saturated rings. The van der Waals surface area contributed by atoms with E-state index >= 15 is 0 Å². The number of methoxy groups -OCH3 is 1. The molecule has 0 heterocycles. The number of thiocarbonyl (C=S) groups is 1. The number of hydrazone groups is 1. The lowest BCUT2D eigenvalue weighted by molar-refractivity contribution is 0.386. The van der Waals surface area contributed by atoms with Crippen LogP contribution in [-0.4, -0.2) is 24.5 Å². The van der Waals surface area contributed by atoms with Crippen molar-refractivity contribution in [1.82, 2.24) is 10.7 Å². The van der Waals surface area contributed by atoms with E-state index in [1.54, 1.807) is 19.1 Å². The number of nitrogens with one attached hydrogen (secondary N) is 2. The Labute approximate surface area is 130 Å². The summed E-state index contributed by atoms with van der Waals surface area (Å²) < 4.78 is 18.5. The monoisotopic (exact) mass is 311 g/mol. The highest BCUT2D eigenvalue weighted by Gasteiger charge is 2.05. The lowest BCUT2D eigenvalue weighted by Crippen LogP contribution is -2.33. The molecule has 0 bridgehead atoms. The van der Waals surface area contributed by atoms with Crippen molar-refractivity contribution in [2.45, 2.75) is 33.1 Å². The largest absolute Gasteiger partial charge is 0.494 e. The van der Waals surface area contributed by atoms with Gasteiger partial charge in [-0.05, 0) is 43.8 Å². The van der Waals surface area contributed by atoms with Crippen LogP contribution < -0.4 is 15.5 Å². The molecule has 0 aliphatic heterocycles. The average Bonchev–Trinajstić information content (AvgIpc) is 2.49. The second-order valence-corrected chi connectivity index (χ2v) is 5.03. The molecule has 6 heteroatoms. The van der Waals surface area contributed by atoms with Crippen molar-refractivity contribution in [3.8, 4) is 5.75 Å². The van der Waals surface area contributed by atoms with E-state index in [2.05, 4.69) is 22.8 Å². The highest BCUT2D eigenvalue weighted by molar-refractivity contribution is 7.80.